The van der Waals surface area contributed by atoms with Crippen LogP contribution in [-0.4, -0.2) is 4.98 Å². The first-order valence-corrected chi connectivity index (χ1v) is 7.52. The Kier molecular flexibility index (Phi) is 3.36. The van der Waals surface area contributed by atoms with E-state index in [9.17, 15) is 0 Å². The van der Waals surface area contributed by atoms with Crippen molar-refractivity contribution < 1.29 is 0 Å². The number of para-hydroxylation sites is 1. The Balaban J connectivity index is 1.94. The van der Waals surface area contributed by atoms with Gasteiger partial charge in [-0.25, -0.2) is 9.99 Å². The summed E-state index contributed by atoms with van der Waals surface area (Å²) in [6.45, 7) is 6.46. The standard InChI is InChI=1S/C15H18N4S/c1-11(2)14-10-16-15(20-14)18-12(3)9-17-19(18)13-7-5-4-6-8-13/h4-11,17H,1-3H3. The van der Waals surface area contributed by atoms with Crippen LogP contribution in [0.3, 0.4) is 0 Å². The van der Waals surface area contributed by atoms with Crippen LogP contribution in [0.4, 0.5) is 10.8 Å². The van der Waals surface area contributed by atoms with Crippen LogP contribution in [-0.2, 0) is 0 Å². The van der Waals surface area contributed by atoms with Crippen LogP contribution in [0.5, 0.6) is 0 Å². The Morgan fingerprint density at radius 1 is 1.20 bits per heavy atom. The third-order valence-electron chi connectivity index (χ3n) is 3.19. The molecule has 0 fully saturated rings. The Bertz CT molecular complexity index is 618. The maximum Gasteiger partial charge on any atom is 0.210 e. The number of hydrazine groups is 2. The average Bonchev–Trinajstić information content (AvgIpc) is 3.06. The minimum absolute atomic E-state index is 0.506. The largest absolute Gasteiger partial charge is 0.285 e. The quantitative estimate of drug-likeness (QED) is 0.928. The van der Waals surface area contributed by atoms with E-state index in [0.717, 1.165) is 16.5 Å². The van der Waals surface area contributed by atoms with Crippen LogP contribution in [0.25, 0.3) is 0 Å². The molecule has 0 unspecified atom stereocenters. The van der Waals surface area contributed by atoms with Gasteiger partial charge in [0.25, 0.3) is 0 Å². The lowest BCUT2D eigenvalue weighted by Gasteiger charge is -2.29. The summed E-state index contributed by atoms with van der Waals surface area (Å²) in [6.07, 6.45) is 3.96. The predicted molar refractivity (Wildman–Crippen MR) is 84.5 cm³/mol. The number of nitrogens with one attached hydrogen (secondary N) is 1. The van der Waals surface area contributed by atoms with Gasteiger partial charge in [0.05, 0.1) is 11.4 Å². The minimum Gasteiger partial charge on any atom is -0.285 e. The molecule has 0 radical (unpaired) electrons. The Labute approximate surface area is 123 Å². The van der Waals surface area contributed by atoms with Gasteiger partial charge in [-0.05, 0) is 25.0 Å². The smallest absolute Gasteiger partial charge is 0.210 e. The van der Waals surface area contributed by atoms with E-state index in [0.29, 0.717) is 5.92 Å². The van der Waals surface area contributed by atoms with E-state index < -0.39 is 0 Å². The second-order valence-electron chi connectivity index (χ2n) is 5.07. The SMILES string of the molecule is CC1=CNN(c2ccccc2)N1c1ncc(C(C)C)s1. The molecule has 4 nitrogen and oxygen atoms in total. The second kappa shape index (κ2) is 5.17. The monoisotopic (exact) mass is 286 g/mol. The highest BCUT2D eigenvalue weighted by Crippen LogP contribution is 2.33. The maximum absolute atomic E-state index is 4.57. The molecule has 0 saturated carbocycles. The van der Waals surface area contributed by atoms with E-state index in [2.05, 4.69) is 48.3 Å². The third-order valence-corrected chi connectivity index (χ3v) is 4.47. The number of benzene rings is 1. The van der Waals surface area contributed by atoms with Crippen molar-refractivity contribution in [3.63, 3.8) is 0 Å². The zero-order valence-corrected chi connectivity index (χ0v) is 12.7. The molecular formula is C15H18N4S. The first-order chi connectivity index (χ1) is 9.66. The molecule has 0 spiro atoms. The van der Waals surface area contributed by atoms with Crippen LogP contribution in [0, 0.1) is 0 Å². The fourth-order valence-electron chi connectivity index (χ4n) is 2.07. The van der Waals surface area contributed by atoms with Crippen molar-refractivity contribution in [3.05, 3.63) is 53.3 Å². The maximum atomic E-state index is 4.57. The zero-order chi connectivity index (χ0) is 14.1. The van der Waals surface area contributed by atoms with Crippen LogP contribution < -0.4 is 15.6 Å². The van der Waals surface area contributed by atoms with Crippen LogP contribution >= 0.6 is 11.3 Å². The van der Waals surface area contributed by atoms with Gasteiger partial charge in [-0.1, -0.05) is 43.4 Å². The van der Waals surface area contributed by atoms with Crippen molar-refractivity contribution in [1.29, 1.82) is 0 Å². The fourth-order valence-corrected chi connectivity index (χ4v) is 3.04. The van der Waals surface area contributed by atoms with Crippen molar-refractivity contribution in [3.8, 4) is 0 Å². The molecule has 1 N–H and O–H groups in total. The highest BCUT2D eigenvalue weighted by molar-refractivity contribution is 7.15. The van der Waals surface area contributed by atoms with Crippen molar-refractivity contribution in [2.24, 2.45) is 0 Å². The summed E-state index contributed by atoms with van der Waals surface area (Å²) >= 11 is 1.73. The average molecular weight is 286 g/mol. The Morgan fingerprint density at radius 3 is 2.60 bits per heavy atom. The molecule has 2 aromatic rings. The lowest BCUT2D eigenvalue weighted by molar-refractivity contribution is 0.779. The van der Waals surface area contributed by atoms with E-state index in [-0.39, 0.29) is 0 Å². The minimum atomic E-state index is 0.506. The number of nitrogens with zero attached hydrogens (tertiary/aromatic N) is 3. The molecular weight excluding hydrogens is 268 g/mol. The van der Waals surface area contributed by atoms with Gasteiger partial charge >= 0.3 is 0 Å². The number of hydrogen-bond acceptors (Lipinski definition) is 5. The fraction of sp³-hybridized carbons (Fsp3) is 0.267. The van der Waals surface area contributed by atoms with E-state index in [4.69, 9.17) is 0 Å². The van der Waals surface area contributed by atoms with Gasteiger partial charge in [-0.3, -0.25) is 5.43 Å². The van der Waals surface area contributed by atoms with Crippen LogP contribution in [0.1, 0.15) is 31.6 Å². The summed E-state index contributed by atoms with van der Waals surface area (Å²) in [7, 11) is 0. The molecule has 0 atom stereocenters. The van der Waals surface area contributed by atoms with Gasteiger partial charge in [0.1, 0.15) is 0 Å². The van der Waals surface area contributed by atoms with Gasteiger partial charge < -0.3 is 0 Å². The molecule has 20 heavy (non-hydrogen) atoms. The second-order valence-corrected chi connectivity index (χ2v) is 6.11. The summed E-state index contributed by atoms with van der Waals surface area (Å²) in [5.74, 6) is 0.506. The summed E-state index contributed by atoms with van der Waals surface area (Å²) in [5.41, 5.74) is 5.48. The normalized spacial score (nSPS) is 14.7. The summed E-state index contributed by atoms with van der Waals surface area (Å²) < 4.78 is 0. The van der Waals surface area contributed by atoms with Gasteiger partial charge in [0.15, 0.2) is 0 Å². The van der Waals surface area contributed by atoms with Gasteiger partial charge in [0, 0.05) is 17.3 Å². The third kappa shape index (κ3) is 2.25. The molecule has 1 aliphatic rings. The number of allylic oxidation sites excluding steroid dienone is 1. The first kappa shape index (κ1) is 13.0. The van der Waals surface area contributed by atoms with E-state index in [1.54, 1.807) is 11.3 Å². The summed E-state index contributed by atoms with van der Waals surface area (Å²) in [4.78, 5) is 5.87. The Hall–Kier alpha value is -2.01. The van der Waals surface area contributed by atoms with Gasteiger partial charge in [-0.15, -0.1) is 0 Å². The highest BCUT2D eigenvalue weighted by Gasteiger charge is 2.25. The molecule has 0 saturated heterocycles. The molecule has 1 aliphatic heterocycles. The van der Waals surface area contributed by atoms with E-state index in [1.165, 1.54) is 4.88 Å². The molecule has 1 aromatic carbocycles. The van der Waals surface area contributed by atoms with Crippen molar-refractivity contribution in [1.82, 2.24) is 10.4 Å². The molecule has 1 aromatic heterocycles. The van der Waals surface area contributed by atoms with Gasteiger partial charge in [-0.2, -0.15) is 5.12 Å². The molecule has 0 bridgehead atoms. The molecule has 3 rings (SSSR count). The Morgan fingerprint density at radius 2 is 1.95 bits per heavy atom. The molecule has 2 heterocycles. The van der Waals surface area contributed by atoms with Crippen molar-refractivity contribution >= 4 is 22.2 Å². The molecule has 5 heteroatoms. The lowest BCUT2D eigenvalue weighted by atomic mass is 10.2. The zero-order valence-electron chi connectivity index (χ0n) is 11.9. The predicted octanol–water partition coefficient (Wildman–Crippen LogP) is 3.87. The van der Waals surface area contributed by atoms with E-state index in [1.807, 2.05) is 35.7 Å². The number of hydrogen-bond donors (Lipinski definition) is 1. The summed E-state index contributed by atoms with van der Waals surface area (Å²) in [6, 6.07) is 10.2. The van der Waals surface area contributed by atoms with E-state index >= 15 is 0 Å². The van der Waals surface area contributed by atoms with Gasteiger partial charge in [0.2, 0.25) is 5.13 Å². The first-order valence-electron chi connectivity index (χ1n) is 6.70. The number of rotatable bonds is 3. The molecule has 0 amide bonds. The lowest BCUT2D eigenvalue weighted by Crippen LogP contribution is -2.43. The van der Waals surface area contributed by atoms with Crippen molar-refractivity contribution in [2.75, 3.05) is 10.1 Å². The number of thiazole rings is 1. The molecule has 104 valence electrons. The number of anilines is 2. The summed E-state index contributed by atoms with van der Waals surface area (Å²) in [5, 5.41) is 5.10. The highest BCUT2D eigenvalue weighted by atomic mass is 32.1. The number of aromatic nitrogens is 1. The van der Waals surface area contributed by atoms with Crippen LogP contribution in [0.15, 0.2) is 48.4 Å². The van der Waals surface area contributed by atoms with Crippen LogP contribution in [0.2, 0.25) is 0 Å². The topological polar surface area (TPSA) is 31.4 Å². The molecule has 0 aliphatic carbocycles. The van der Waals surface area contributed by atoms with Crippen molar-refractivity contribution in [2.45, 2.75) is 26.7 Å².